The number of carbonyl (C=O) groups is 1. The van der Waals surface area contributed by atoms with Gasteiger partial charge in [-0.15, -0.1) is 0 Å². The third kappa shape index (κ3) is 5.25. The molecule has 0 saturated carbocycles. The Morgan fingerprint density at radius 2 is 1.71 bits per heavy atom. The minimum Gasteiger partial charge on any atom is -0.479 e. The molecule has 0 spiro atoms. The third-order valence-electron chi connectivity index (χ3n) is 4.65. The van der Waals surface area contributed by atoms with Gasteiger partial charge >= 0.3 is 0 Å². The molecule has 0 saturated heterocycles. The van der Waals surface area contributed by atoms with Crippen LogP contribution in [0, 0.1) is 29.1 Å². The second-order valence-corrected chi connectivity index (χ2v) is 7.84. The molecular formula is C22H12Cl2F5N3O3. The first-order valence-corrected chi connectivity index (χ1v) is 10.4. The van der Waals surface area contributed by atoms with Gasteiger partial charge in [0.1, 0.15) is 23.2 Å². The molecule has 0 aliphatic heterocycles. The van der Waals surface area contributed by atoms with Crippen molar-refractivity contribution in [1.82, 2.24) is 9.78 Å². The van der Waals surface area contributed by atoms with E-state index in [-0.39, 0.29) is 45.6 Å². The molecule has 0 radical (unpaired) electrons. The number of nitrogens with one attached hydrogen (secondary N) is 1. The summed E-state index contributed by atoms with van der Waals surface area (Å²) in [5, 5.41) is 6.71. The van der Waals surface area contributed by atoms with Gasteiger partial charge in [-0.05, 0) is 24.3 Å². The molecule has 0 atom stereocenters. The number of anilines is 1. The number of hydrogen-bond acceptors (Lipinski definition) is 4. The molecule has 0 unspecified atom stereocenters. The van der Waals surface area contributed by atoms with Gasteiger partial charge < -0.3 is 14.5 Å². The molecule has 1 amide bonds. The zero-order valence-electron chi connectivity index (χ0n) is 17.2. The second kappa shape index (κ2) is 9.96. The molecule has 35 heavy (non-hydrogen) atoms. The van der Waals surface area contributed by atoms with Crippen molar-refractivity contribution in [3.05, 3.63) is 98.8 Å². The monoisotopic (exact) mass is 531 g/mol. The van der Waals surface area contributed by atoms with Crippen LogP contribution in [0.2, 0.25) is 10.0 Å². The largest absolute Gasteiger partial charge is 0.479 e. The molecule has 0 aliphatic carbocycles. The predicted molar refractivity (Wildman–Crippen MR) is 115 cm³/mol. The fraction of sp³-hybridized carbons (Fsp3) is 0.0909. The van der Waals surface area contributed by atoms with Gasteiger partial charge in [-0.25, -0.2) is 13.2 Å². The lowest BCUT2D eigenvalue weighted by Gasteiger charge is -2.08. The average Bonchev–Trinajstić information content (AvgIpc) is 3.42. The standard InChI is InChI=1S/C22H12Cl2F5N3O3/c23-12-2-1-3-14(25)11(12)7-32-8-13(24)21(31-32)30-22(33)17-5-4-10(35-17)9-34-20-18(28)15(26)6-16(27)19(20)29/h1-6,8H,7,9H2,(H,30,31,33). The summed E-state index contributed by atoms with van der Waals surface area (Å²) in [6, 6.07) is 6.72. The van der Waals surface area contributed by atoms with E-state index in [4.69, 9.17) is 32.4 Å². The van der Waals surface area contributed by atoms with E-state index < -0.39 is 47.3 Å². The van der Waals surface area contributed by atoms with Gasteiger partial charge in [-0.1, -0.05) is 29.3 Å². The van der Waals surface area contributed by atoms with Crippen LogP contribution in [0.25, 0.3) is 0 Å². The first kappa shape index (κ1) is 24.6. The van der Waals surface area contributed by atoms with E-state index in [9.17, 15) is 26.7 Å². The van der Waals surface area contributed by atoms with Crippen molar-refractivity contribution in [2.24, 2.45) is 0 Å². The van der Waals surface area contributed by atoms with Crippen LogP contribution in [0.3, 0.4) is 0 Å². The van der Waals surface area contributed by atoms with Gasteiger partial charge in [0, 0.05) is 22.8 Å². The van der Waals surface area contributed by atoms with Crippen LogP contribution in [0.4, 0.5) is 27.8 Å². The molecule has 4 rings (SSSR count). The Bertz CT molecular complexity index is 1380. The summed E-state index contributed by atoms with van der Waals surface area (Å²) in [4.78, 5) is 12.5. The number of furan rings is 1. The van der Waals surface area contributed by atoms with Crippen molar-refractivity contribution < 1.29 is 35.9 Å². The summed E-state index contributed by atoms with van der Waals surface area (Å²) in [7, 11) is 0. The Hall–Kier alpha value is -3.57. The number of ether oxygens (including phenoxy) is 1. The minimum atomic E-state index is -1.71. The van der Waals surface area contributed by atoms with Crippen molar-refractivity contribution in [1.29, 1.82) is 0 Å². The highest BCUT2D eigenvalue weighted by molar-refractivity contribution is 6.33. The lowest BCUT2D eigenvalue weighted by atomic mass is 10.2. The molecule has 6 nitrogen and oxygen atoms in total. The minimum absolute atomic E-state index is 0.0417. The van der Waals surface area contributed by atoms with E-state index >= 15 is 0 Å². The zero-order chi connectivity index (χ0) is 25.3. The normalized spacial score (nSPS) is 11.1. The Balaban J connectivity index is 1.43. The Morgan fingerprint density at radius 3 is 2.40 bits per heavy atom. The summed E-state index contributed by atoms with van der Waals surface area (Å²) < 4.78 is 79.2. The summed E-state index contributed by atoms with van der Waals surface area (Å²) in [6.45, 7) is -0.695. The number of halogens is 7. The summed E-state index contributed by atoms with van der Waals surface area (Å²) >= 11 is 12.1. The Kier molecular flexibility index (Phi) is 6.99. The molecule has 0 fully saturated rings. The van der Waals surface area contributed by atoms with Crippen LogP contribution in [0.1, 0.15) is 21.9 Å². The van der Waals surface area contributed by atoms with Crippen molar-refractivity contribution in [2.75, 3.05) is 5.32 Å². The Labute approximate surface area is 203 Å². The topological polar surface area (TPSA) is 69.3 Å². The van der Waals surface area contributed by atoms with Gasteiger partial charge in [0.25, 0.3) is 5.91 Å². The lowest BCUT2D eigenvalue weighted by molar-refractivity contribution is 0.0991. The van der Waals surface area contributed by atoms with Crippen LogP contribution < -0.4 is 10.1 Å². The summed E-state index contributed by atoms with van der Waals surface area (Å²) in [5.41, 5.74) is 0.174. The van der Waals surface area contributed by atoms with Crippen LogP contribution in [-0.4, -0.2) is 15.7 Å². The van der Waals surface area contributed by atoms with E-state index in [1.807, 2.05) is 0 Å². The van der Waals surface area contributed by atoms with Gasteiger partial charge in [0.15, 0.2) is 29.0 Å². The lowest BCUT2D eigenvalue weighted by Crippen LogP contribution is -2.12. The van der Waals surface area contributed by atoms with Crippen molar-refractivity contribution >= 4 is 34.9 Å². The quantitative estimate of drug-likeness (QED) is 0.222. The molecule has 0 aliphatic rings. The van der Waals surface area contributed by atoms with E-state index in [1.54, 1.807) is 0 Å². The number of amides is 1. The molecule has 182 valence electrons. The second-order valence-electron chi connectivity index (χ2n) is 7.03. The van der Waals surface area contributed by atoms with Crippen molar-refractivity contribution in [2.45, 2.75) is 13.2 Å². The van der Waals surface area contributed by atoms with Gasteiger partial charge in [0.05, 0.1) is 6.54 Å². The number of rotatable bonds is 7. The first-order valence-electron chi connectivity index (χ1n) is 9.65. The highest BCUT2D eigenvalue weighted by Gasteiger charge is 2.22. The SMILES string of the molecule is O=C(Nc1nn(Cc2c(F)cccc2Cl)cc1Cl)c1ccc(COc2c(F)c(F)cc(F)c2F)o1. The summed E-state index contributed by atoms with van der Waals surface area (Å²) in [6.07, 6.45) is 1.35. The van der Waals surface area contributed by atoms with Crippen LogP contribution in [-0.2, 0) is 13.2 Å². The number of nitrogens with zero attached hydrogens (tertiary/aromatic N) is 2. The Morgan fingerprint density at radius 1 is 1.00 bits per heavy atom. The molecule has 1 N–H and O–H groups in total. The number of benzene rings is 2. The molecule has 0 bridgehead atoms. The van der Waals surface area contributed by atoms with Crippen LogP contribution >= 0.6 is 23.2 Å². The molecule has 2 heterocycles. The smallest absolute Gasteiger partial charge is 0.292 e. The maximum atomic E-state index is 14.0. The molecule has 2 aromatic carbocycles. The zero-order valence-corrected chi connectivity index (χ0v) is 18.7. The van der Waals surface area contributed by atoms with Crippen LogP contribution in [0.15, 0.2) is 47.0 Å². The van der Waals surface area contributed by atoms with Gasteiger partial charge in [-0.3, -0.25) is 9.48 Å². The molecule has 2 aromatic heterocycles. The van der Waals surface area contributed by atoms with Crippen molar-refractivity contribution in [3.63, 3.8) is 0 Å². The fourth-order valence-corrected chi connectivity index (χ4v) is 3.40. The van der Waals surface area contributed by atoms with Crippen molar-refractivity contribution in [3.8, 4) is 5.75 Å². The number of aromatic nitrogens is 2. The average molecular weight is 532 g/mol. The summed E-state index contributed by atoms with van der Waals surface area (Å²) in [5.74, 6) is -9.68. The number of carbonyl (C=O) groups excluding carboxylic acids is 1. The van der Waals surface area contributed by atoms with Gasteiger partial charge in [-0.2, -0.15) is 13.9 Å². The van der Waals surface area contributed by atoms with Gasteiger partial charge in [0.2, 0.25) is 11.6 Å². The predicted octanol–water partition coefficient (Wildman–Crippen LogP) is 6.36. The van der Waals surface area contributed by atoms with E-state index in [0.29, 0.717) is 0 Å². The van der Waals surface area contributed by atoms with E-state index in [0.717, 1.165) is 0 Å². The highest BCUT2D eigenvalue weighted by atomic mass is 35.5. The maximum absolute atomic E-state index is 14.0. The fourth-order valence-electron chi connectivity index (χ4n) is 2.98. The van der Waals surface area contributed by atoms with Crippen LogP contribution in [0.5, 0.6) is 5.75 Å². The molecule has 4 aromatic rings. The van der Waals surface area contributed by atoms with E-state index in [1.165, 1.54) is 41.2 Å². The molecule has 13 heteroatoms. The maximum Gasteiger partial charge on any atom is 0.292 e. The highest BCUT2D eigenvalue weighted by Crippen LogP contribution is 2.28. The van der Waals surface area contributed by atoms with E-state index in [2.05, 4.69) is 10.4 Å². The third-order valence-corrected chi connectivity index (χ3v) is 5.28. The molecular weight excluding hydrogens is 520 g/mol. The first-order chi connectivity index (χ1) is 16.6. The number of hydrogen-bond donors (Lipinski definition) is 1.